The Hall–Kier alpha value is -2.17. The number of halogens is 1. The number of amides is 1. The third-order valence-electron chi connectivity index (χ3n) is 5.51. The number of ketones is 1. The monoisotopic (exact) mass is 369 g/mol. The van der Waals surface area contributed by atoms with Gasteiger partial charge in [-0.2, -0.15) is 0 Å². The molecular formula is C21H20ClNO3. The highest BCUT2D eigenvalue weighted by Gasteiger charge is 2.56. The lowest BCUT2D eigenvalue weighted by Gasteiger charge is -2.47. The minimum Gasteiger partial charge on any atom is -0.295 e. The molecule has 1 aliphatic carbocycles. The highest BCUT2D eigenvalue weighted by molar-refractivity contribution is 6.30. The first-order valence-electron chi connectivity index (χ1n) is 8.79. The molecular weight excluding hydrogens is 350 g/mol. The van der Waals surface area contributed by atoms with Crippen molar-refractivity contribution in [2.45, 2.75) is 37.7 Å². The van der Waals surface area contributed by atoms with E-state index in [0.29, 0.717) is 17.9 Å². The molecule has 1 unspecified atom stereocenters. The summed E-state index contributed by atoms with van der Waals surface area (Å²) in [5.74, 6) is -1.21. The Balaban J connectivity index is 1.78. The lowest BCUT2D eigenvalue weighted by molar-refractivity contribution is -0.259. The zero-order valence-corrected chi connectivity index (χ0v) is 15.5. The topological polar surface area (TPSA) is 46.6 Å². The van der Waals surface area contributed by atoms with Crippen LogP contribution in [0.3, 0.4) is 0 Å². The molecule has 26 heavy (non-hydrogen) atoms. The van der Waals surface area contributed by atoms with Crippen LogP contribution in [0.1, 0.15) is 36.3 Å². The van der Waals surface area contributed by atoms with Gasteiger partial charge in [0.25, 0.3) is 5.91 Å². The van der Waals surface area contributed by atoms with Gasteiger partial charge < -0.3 is 0 Å². The normalized spacial score (nSPS) is 21.8. The van der Waals surface area contributed by atoms with E-state index in [9.17, 15) is 9.59 Å². The second-order valence-corrected chi connectivity index (χ2v) is 7.59. The van der Waals surface area contributed by atoms with Gasteiger partial charge in [-0.25, -0.2) is 5.06 Å². The first-order valence-corrected chi connectivity index (χ1v) is 9.17. The molecule has 0 N–H and O–H groups in total. The summed E-state index contributed by atoms with van der Waals surface area (Å²) >= 11 is 5.98. The summed E-state index contributed by atoms with van der Waals surface area (Å²) in [6, 6.07) is 13.4. The van der Waals surface area contributed by atoms with Crippen molar-refractivity contribution >= 4 is 23.3 Å². The van der Waals surface area contributed by atoms with Crippen molar-refractivity contribution in [1.82, 2.24) is 5.06 Å². The molecule has 1 saturated heterocycles. The van der Waals surface area contributed by atoms with Crippen LogP contribution in [0.4, 0.5) is 0 Å². The van der Waals surface area contributed by atoms with Crippen molar-refractivity contribution in [2.24, 2.45) is 0 Å². The van der Waals surface area contributed by atoms with E-state index in [-0.39, 0.29) is 11.7 Å². The fourth-order valence-electron chi connectivity index (χ4n) is 3.79. The average molecular weight is 370 g/mol. The number of benzene rings is 2. The summed E-state index contributed by atoms with van der Waals surface area (Å²) in [7, 11) is 1.60. The SMILES string of the molecule is Cc1ccc(-c2ccc(Cl)cc2)cc1C1C(=O)N(C)OC2(CCC2)C1=O. The van der Waals surface area contributed by atoms with Crippen LogP contribution in [0.5, 0.6) is 0 Å². The van der Waals surface area contributed by atoms with Gasteiger partial charge in [-0.3, -0.25) is 14.4 Å². The molecule has 1 aliphatic heterocycles. The van der Waals surface area contributed by atoms with E-state index in [0.717, 1.165) is 28.7 Å². The molecule has 2 aromatic rings. The minimum atomic E-state index is -0.823. The molecule has 2 aliphatic rings. The summed E-state index contributed by atoms with van der Waals surface area (Å²) in [4.78, 5) is 31.6. The van der Waals surface area contributed by atoms with Gasteiger partial charge in [0, 0.05) is 12.1 Å². The van der Waals surface area contributed by atoms with E-state index in [1.54, 1.807) is 7.05 Å². The van der Waals surface area contributed by atoms with E-state index in [1.165, 1.54) is 5.06 Å². The number of nitrogens with zero attached hydrogens (tertiary/aromatic N) is 1. The van der Waals surface area contributed by atoms with E-state index in [2.05, 4.69) is 0 Å². The van der Waals surface area contributed by atoms with Crippen LogP contribution in [0, 0.1) is 6.92 Å². The Labute approximate surface area is 157 Å². The van der Waals surface area contributed by atoms with Crippen LogP contribution in [0.25, 0.3) is 11.1 Å². The van der Waals surface area contributed by atoms with Crippen molar-refractivity contribution in [3.8, 4) is 11.1 Å². The van der Waals surface area contributed by atoms with Gasteiger partial charge in [-0.05, 0) is 66.6 Å². The molecule has 0 aromatic heterocycles. The maximum Gasteiger partial charge on any atom is 0.261 e. The molecule has 0 radical (unpaired) electrons. The number of hydroxylamine groups is 2. The number of likely N-dealkylation sites (N-methyl/N-ethyl adjacent to an activating group) is 1. The van der Waals surface area contributed by atoms with Gasteiger partial charge in [0.05, 0.1) is 0 Å². The number of rotatable bonds is 2. The first kappa shape index (κ1) is 17.3. The predicted molar refractivity (Wildman–Crippen MR) is 99.8 cm³/mol. The van der Waals surface area contributed by atoms with Crippen LogP contribution in [0.15, 0.2) is 42.5 Å². The number of hydrogen-bond acceptors (Lipinski definition) is 3. The van der Waals surface area contributed by atoms with Crippen molar-refractivity contribution in [1.29, 1.82) is 0 Å². The third-order valence-corrected chi connectivity index (χ3v) is 5.76. The third kappa shape index (κ3) is 2.65. The van der Waals surface area contributed by atoms with E-state index < -0.39 is 11.5 Å². The van der Waals surface area contributed by atoms with Crippen molar-refractivity contribution in [2.75, 3.05) is 7.05 Å². The van der Waals surface area contributed by atoms with Gasteiger partial charge in [-0.15, -0.1) is 0 Å². The molecule has 2 aromatic carbocycles. The predicted octanol–water partition coefficient (Wildman–Crippen LogP) is 4.29. The number of carbonyl (C=O) groups is 2. The van der Waals surface area contributed by atoms with Gasteiger partial charge in [-0.1, -0.05) is 35.9 Å². The van der Waals surface area contributed by atoms with E-state index in [1.807, 2.05) is 49.4 Å². The molecule has 1 saturated carbocycles. The summed E-state index contributed by atoms with van der Waals surface area (Å²) in [5, 5.41) is 1.92. The maximum absolute atomic E-state index is 13.1. The Morgan fingerprint density at radius 1 is 1.08 bits per heavy atom. The summed E-state index contributed by atoms with van der Waals surface area (Å²) in [5.41, 5.74) is 2.82. The first-order chi connectivity index (χ1) is 12.4. The van der Waals surface area contributed by atoms with Gasteiger partial charge in [0.15, 0.2) is 11.4 Å². The highest BCUT2D eigenvalue weighted by Crippen LogP contribution is 2.45. The number of hydrogen-bond donors (Lipinski definition) is 0. The Kier molecular flexibility index (Phi) is 4.13. The lowest BCUT2D eigenvalue weighted by atomic mass is 9.70. The maximum atomic E-state index is 13.1. The molecule has 2 fully saturated rings. The molecule has 1 amide bonds. The zero-order chi connectivity index (χ0) is 18.5. The van der Waals surface area contributed by atoms with E-state index >= 15 is 0 Å². The Morgan fingerprint density at radius 2 is 1.73 bits per heavy atom. The van der Waals surface area contributed by atoms with Crippen LogP contribution in [-0.2, 0) is 14.4 Å². The largest absolute Gasteiger partial charge is 0.295 e. The highest BCUT2D eigenvalue weighted by atomic mass is 35.5. The molecule has 4 nitrogen and oxygen atoms in total. The number of Topliss-reactive ketones (excluding diaryl/α,β-unsaturated/α-hetero) is 1. The number of carbonyl (C=O) groups excluding carboxylic acids is 2. The van der Waals surface area contributed by atoms with E-state index in [4.69, 9.17) is 16.4 Å². The molecule has 5 heteroatoms. The summed E-state index contributed by atoms with van der Waals surface area (Å²) < 4.78 is 0. The van der Waals surface area contributed by atoms with Crippen LogP contribution in [0.2, 0.25) is 5.02 Å². The van der Waals surface area contributed by atoms with Gasteiger partial charge >= 0.3 is 0 Å². The fourth-order valence-corrected chi connectivity index (χ4v) is 3.92. The van der Waals surface area contributed by atoms with Crippen LogP contribution in [-0.4, -0.2) is 29.4 Å². The average Bonchev–Trinajstić information content (AvgIpc) is 2.59. The van der Waals surface area contributed by atoms with Crippen molar-refractivity contribution in [3.63, 3.8) is 0 Å². The summed E-state index contributed by atoms with van der Waals surface area (Å²) in [6.45, 7) is 1.93. The fraction of sp³-hybridized carbons (Fsp3) is 0.333. The smallest absolute Gasteiger partial charge is 0.261 e. The summed E-state index contributed by atoms with van der Waals surface area (Å²) in [6.07, 6.45) is 2.30. The lowest BCUT2D eigenvalue weighted by Crippen LogP contribution is -2.60. The van der Waals surface area contributed by atoms with Crippen LogP contribution < -0.4 is 0 Å². The van der Waals surface area contributed by atoms with Crippen LogP contribution >= 0.6 is 11.6 Å². The molecule has 1 spiro atoms. The molecule has 0 bridgehead atoms. The van der Waals surface area contributed by atoms with Crippen molar-refractivity contribution < 1.29 is 14.4 Å². The standard InChI is InChI=1S/C21H20ClNO3/c1-13-4-5-15(14-6-8-16(22)9-7-14)12-17(13)18-19(24)21(10-3-11-21)26-23(2)20(18)25/h4-9,12,18H,3,10-11H2,1-2H3. The minimum absolute atomic E-state index is 0.108. The second-order valence-electron chi connectivity index (χ2n) is 7.15. The molecule has 134 valence electrons. The Bertz CT molecular complexity index is 887. The molecule has 1 atom stereocenters. The molecule has 4 rings (SSSR count). The second kappa shape index (κ2) is 6.22. The molecule has 1 heterocycles. The van der Waals surface area contributed by atoms with Gasteiger partial charge in [0.2, 0.25) is 0 Å². The Morgan fingerprint density at radius 3 is 2.35 bits per heavy atom. The van der Waals surface area contributed by atoms with Crippen molar-refractivity contribution in [3.05, 3.63) is 58.6 Å². The quantitative estimate of drug-likeness (QED) is 0.742. The van der Waals surface area contributed by atoms with Gasteiger partial charge in [0.1, 0.15) is 5.92 Å². The zero-order valence-electron chi connectivity index (χ0n) is 14.8. The number of aryl methyl sites for hydroxylation is 1.